The molecule has 2 N–H and O–H groups in total. The van der Waals surface area contributed by atoms with Gasteiger partial charge in [0.15, 0.2) is 5.82 Å². The summed E-state index contributed by atoms with van der Waals surface area (Å²) in [5, 5.41) is 25.3. The Morgan fingerprint density at radius 2 is 1.94 bits per heavy atom. The molecule has 0 saturated carbocycles. The van der Waals surface area contributed by atoms with E-state index in [0.29, 0.717) is 18.7 Å². The molecule has 1 aromatic rings. The van der Waals surface area contributed by atoms with Gasteiger partial charge in [0.1, 0.15) is 0 Å². The smallest absolute Gasteiger partial charge is 0.177 e. The lowest BCUT2D eigenvalue weighted by Gasteiger charge is -2.26. The van der Waals surface area contributed by atoms with E-state index in [0.717, 1.165) is 6.54 Å². The second-order valence-electron chi connectivity index (χ2n) is 5.80. The van der Waals surface area contributed by atoms with Crippen LogP contribution in [0.5, 0.6) is 0 Å². The summed E-state index contributed by atoms with van der Waals surface area (Å²) in [4.78, 5) is 1.40. The van der Waals surface area contributed by atoms with Gasteiger partial charge in [-0.05, 0) is 45.9 Å². The minimum Gasteiger partial charge on any atom is -0.390 e. The third-order valence-electron chi connectivity index (χ3n) is 2.41. The van der Waals surface area contributed by atoms with Crippen molar-refractivity contribution in [2.45, 2.75) is 51.7 Å². The van der Waals surface area contributed by atoms with Gasteiger partial charge < -0.3 is 10.4 Å². The van der Waals surface area contributed by atoms with Gasteiger partial charge in [0, 0.05) is 12.0 Å². The molecular weight excluding hydrogens is 218 g/mol. The summed E-state index contributed by atoms with van der Waals surface area (Å²) < 4.78 is 0. The van der Waals surface area contributed by atoms with Crippen LogP contribution in [0, 0.1) is 0 Å². The lowest BCUT2D eigenvalue weighted by atomic mass is 9.97. The van der Waals surface area contributed by atoms with E-state index in [4.69, 9.17) is 0 Å². The topological polar surface area (TPSA) is 75.9 Å². The van der Waals surface area contributed by atoms with E-state index < -0.39 is 5.60 Å². The molecule has 98 valence electrons. The molecule has 0 spiro atoms. The Morgan fingerprint density at radius 3 is 2.41 bits per heavy atom. The number of aromatic nitrogens is 4. The fourth-order valence-corrected chi connectivity index (χ4v) is 1.53. The number of aryl methyl sites for hydroxylation is 1. The lowest BCUT2D eigenvalue weighted by molar-refractivity contribution is 0.0479. The predicted molar refractivity (Wildman–Crippen MR) is 65.5 cm³/mol. The average molecular weight is 241 g/mol. The van der Waals surface area contributed by atoms with Crippen LogP contribution in [0.3, 0.4) is 0 Å². The molecule has 1 atom stereocenters. The Hall–Kier alpha value is -1.01. The molecule has 0 fully saturated rings. The second kappa shape index (κ2) is 5.10. The van der Waals surface area contributed by atoms with Crippen LogP contribution < -0.4 is 5.32 Å². The zero-order valence-corrected chi connectivity index (χ0v) is 11.4. The molecule has 0 aliphatic carbocycles. The molecule has 17 heavy (non-hydrogen) atoms. The molecule has 0 aliphatic heterocycles. The molecule has 0 bridgehead atoms. The second-order valence-corrected chi connectivity index (χ2v) is 5.80. The van der Waals surface area contributed by atoms with E-state index >= 15 is 0 Å². The van der Waals surface area contributed by atoms with Gasteiger partial charge in [0.25, 0.3) is 0 Å². The Bertz CT molecular complexity index is 353. The molecule has 0 aromatic carbocycles. The number of tetrazole rings is 1. The van der Waals surface area contributed by atoms with Gasteiger partial charge in [-0.3, -0.25) is 0 Å². The third kappa shape index (κ3) is 5.74. The summed E-state index contributed by atoms with van der Waals surface area (Å²) in [7, 11) is 1.71. The first kappa shape index (κ1) is 14.1. The Kier molecular flexibility index (Phi) is 4.21. The lowest BCUT2D eigenvalue weighted by Crippen LogP contribution is -2.40. The van der Waals surface area contributed by atoms with Crippen molar-refractivity contribution >= 4 is 0 Å². The van der Waals surface area contributed by atoms with Gasteiger partial charge in [0.2, 0.25) is 0 Å². The number of rotatable bonds is 5. The van der Waals surface area contributed by atoms with Crippen LogP contribution in [0.2, 0.25) is 0 Å². The standard InChI is InChI=1S/C11H23N5O/c1-10(2,3)12-7-6-11(4,17)8-9-13-15-16(5)14-9/h12,17H,6-8H2,1-5H3. The molecule has 1 aromatic heterocycles. The fraction of sp³-hybridized carbons (Fsp3) is 0.909. The molecule has 0 aliphatic rings. The van der Waals surface area contributed by atoms with Gasteiger partial charge in [-0.2, -0.15) is 4.80 Å². The Balaban J connectivity index is 2.41. The molecule has 0 radical (unpaired) electrons. The number of hydrogen-bond donors (Lipinski definition) is 2. The summed E-state index contributed by atoms with van der Waals surface area (Å²) in [5.41, 5.74) is -0.734. The molecule has 0 amide bonds. The predicted octanol–water partition coefficient (Wildman–Crippen LogP) is 0.282. The third-order valence-corrected chi connectivity index (χ3v) is 2.41. The normalized spacial score (nSPS) is 15.9. The zero-order valence-electron chi connectivity index (χ0n) is 11.4. The summed E-state index contributed by atoms with van der Waals surface area (Å²) in [6, 6.07) is 0. The van der Waals surface area contributed by atoms with Gasteiger partial charge in [-0.1, -0.05) is 0 Å². The van der Waals surface area contributed by atoms with E-state index in [9.17, 15) is 5.11 Å². The molecule has 0 saturated heterocycles. The Labute approximate surface area is 102 Å². The van der Waals surface area contributed by atoms with Crippen molar-refractivity contribution in [1.82, 2.24) is 25.5 Å². The Morgan fingerprint density at radius 1 is 1.29 bits per heavy atom. The van der Waals surface area contributed by atoms with Gasteiger partial charge >= 0.3 is 0 Å². The number of aliphatic hydroxyl groups is 1. The minimum absolute atomic E-state index is 0.0703. The van der Waals surface area contributed by atoms with Crippen molar-refractivity contribution in [1.29, 1.82) is 0 Å². The van der Waals surface area contributed by atoms with Crippen molar-refractivity contribution in [3.8, 4) is 0 Å². The first-order valence-corrected chi connectivity index (χ1v) is 5.88. The van der Waals surface area contributed by atoms with Crippen molar-refractivity contribution in [2.24, 2.45) is 7.05 Å². The fourth-order valence-electron chi connectivity index (χ4n) is 1.53. The minimum atomic E-state index is -0.804. The quantitative estimate of drug-likeness (QED) is 0.774. The van der Waals surface area contributed by atoms with Crippen molar-refractivity contribution in [3.63, 3.8) is 0 Å². The van der Waals surface area contributed by atoms with Crippen LogP contribution in [0.1, 0.15) is 39.9 Å². The highest BCUT2D eigenvalue weighted by Crippen LogP contribution is 2.14. The van der Waals surface area contributed by atoms with Crippen LogP contribution in [-0.4, -0.2) is 43.0 Å². The maximum atomic E-state index is 10.2. The van der Waals surface area contributed by atoms with Crippen LogP contribution in [0.4, 0.5) is 0 Å². The van der Waals surface area contributed by atoms with E-state index in [1.54, 1.807) is 14.0 Å². The zero-order chi connectivity index (χ0) is 13.1. The van der Waals surface area contributed by atoms with E-state index in [1.165, 1.54) is 4.80 Å². The van der Waals surface area contributed by atoms with E-state index in [1.807, 2.05) is 0 Å². The van der Waals surface area contributed by atoms with Gasteiger partial charge in [-0.15, -0.1) is 10.2 Å². The maximum absolute atomic E-state index is 10.2. The highest BCUT2D eigenvalue weighted by atomic mass is 16.3. The molecular formula is C11H23N5O. The highest BCUT2D eigenvalue weighted by Gasteiger charge is 2.23. The number of nitrogens with one attached hydrogen (secondary N) is 1. The van der Waals surface area contributed by atoms with Gasteiger partial charge in [0.05, 0.1) is 12.6 Å². The first-order chi connectivity index (χ1) is 7.68. The van der Waals surface area contributed by atoms with Crippen LogP contribution in [0.25, 0.3) is 0 Å². The summed E-state index contributed by atoms with van der Waals surface area (Å²) in [6.07, 6.45) is 1.08. The number of nitrogens with zero attached hydrogens (tertiary/aromatic N) is 4. The van der Waals surface area contributed by atoms with Crippen LogP contribution >= 0.6 is 0 Å². The van der Waals surface area contributed by atoms with Crippen molar-refractivity contribution in [2.75, 3.05) is 6.54 Å². The summed E-state index contributed by atoms with van der Waals surface area (Å²) in [5.74, 6) is 0.577. The summed E-state index contributed by atoms with van der Waals surface area (Å²) in [6.45, 7) is 8.87. The van der Waals surface area contributed by atoms with Crippen LogP contribution in [-0.2, 0) is 13.5 Å². The highest BCUT2D eigenvalue weighted by molar-refractivity contribution is 4.89. The van der Waals surface area contributed by atoms with E-state index in [2.05, 4.69) is 41.5 Å². The monoisotopic (exact) mass is 241 g/mol. The molecule has 6 heteroatoms. The van der Waals surface area contributed by atoms with E-state index in [-0.39, 0.29) is 5.54 Å². The van der Waals surface area contributed by atoms with Crippen molar-refractivity contribution in [3.05, 3.63) is 5.82 Å². The largest absolute Gasteiger partial charge is 0.390 e. The maximum Gasteiger partial charge on any atom is 0.177 e. The first-order valence-electron chi connectivity index (χ1n) is 5.88. The molecule has 1 heterocycles. The summed E-state index contributed by atoms with van der Waals surface area (Å²) >= 11 is 0. The van der Waals surface area contributed by atoms with Crippen LogP contribution in [0.15, 0.2) is 0 Å². The molecule has 6 nitrogen and oxygen atoms in total. The molecule has 1 rings (SSSR count). The number of hydrogen-bond acceptors (Lipinski definition) is 5. The van der Waals surface area contributed by atoms with Gasteiger partial charge in [-0.25, -0.2) is 0 Å². The average Bonchev–Trinajstić information content (AvgIpc) is 2.47. The molecule has 1 unspecified atom stereocenters. The SMILES string of the molecule is Cn1nnc(CC(C)(O)CCNC(C)(C)C)n1. The van der Waals surface area contributed by atoms with Crippen molar-refractivity contribution < 1.29 is 5.11 Å².